The van der Waals surface area contributed by atoms with Crippen molar-refractivity contribution in [2.75, 3.05) is 32.5 Å². The lowest BCUT2D eigenvalue weighted by Crippen LogP contribution is -2.37. The number of methoxy groups -OCH3 is 1. The third kappa shape index (κ3) is 2.94. The summed E-state index contributed by atoms with van der Waals surface area (Å²) in [5, 5.41) is 2.89. The van der Waals surface area contributed by atoms with Crippen LogP contribution < -0.4 is 5.32 Å². The zero-order valence-corrected chi connectivity index (χ0v) is 12.5. The molecule has 1 saturated heterocycles. The molecule has 1 amide bonds. The van der Waals surface area contributed by atoms with Crippen molar-refractivity contribution in [3.05, 3.63) is 29.8 Å². The topological polar surface area (TPSA) is 41.6 Å². The van der Waals surface area contributed by atoms with Gasteiger partial charge in [-0.15, -0.1) is 11.8 Å². The van der Waals surface area contributed by atoms with Gasteiger partial charge in [0, 0.05) is 42.2 Å². The second kappa shape index (κ2) is 6.06. The molecule has 2 aliphatic heterocycles. The SMILES string of the molecule is COC(=O)NC1CCN(CC2CSc3ccccc32)C1. The van der Waals surface area contributed by atoms with Gasteiger partial charge in [-0.2, -0.15) is 0 Å². The fraction of sp³-hybridized carbons (Fsp3) is 0.533. The summed E-state index contributed by atoms with van der Waals surface area (Å²) < 4.78 is 4.66. The Morgan fingerprint density at radius 2 is 2.35 bits per heavy atom. The van der Waals surface area contributed by atoms with Gasteiger partial charge in [0.25, 0.3) is 0 Å². The summed E-state index contributed by atoms with van der Waals surface area (Å²) in [5.41, 5.74) is 1.49. The molecule has 2 heterocycles. The molecule has 108 valence electrons. The number of thioether (sulfide) groups is 1. The van der Waals surface area contributed by atoms with E-state index in [4.69, 9.17) is 0 Å². The predicted molar refractivity (Wildman–Crippen MR) is 80.3 cm³/mol. The van der Waals surface area contributed by atoms with E-state index in [-0.39, 0.29) is 12.1 Å². The van der Waals surface area contributed by atoms with Crippen molar-refractivity contribution in [2.45, 2.75) is 23.3 Å². The summed E-state index contributed by atoms with van der Waals surface area (Å²) in [7, 11) is 1.41. The molecule has 0 aromatic heterocycles. The fourth-order valence-electron chi connectivity index (χ4n) is 3.03. The first-order valence-electron chi connectivity index (χ1n) is 7.05. The molecule has 2 atom stereocenters. The number of hydrogen-bond acceptors (Lipinski definition) is 4. The van der Waals surface area contributed by atoms with E-state index in [2.05, 4.69) is 39.2 Å². The second-order valence-electron chi connectivity index (χ2n) is 5.43. The first kappa shape index (κ1) is 13.8. The van der Waals surface area contributed by atoms with Crippen LogP contribution in [0, 0.1) is 0 Å². The van der Waals surface area contributed by atoms with Crippen LogP contribution in [0.4, 0.5) is 4.79 Å². The molecule has 1 aromatic carbocycles. The quantitative estimate of drug-likeness (QED) is 0.928. The monoisotopic (exact) mass is 292 g/mol. The summed E-state index contributed by atoms with van der Waals surface area (Å²) in [6, 6.07) is 8.93. The minimum atomic E-state index is -0.321. The molecule has 5 heteroatoms. The van der Waals surface area contributed by atoms with Gasteiger partial charge in [-0.1, -0.05) is 18.2 Å². The van der Waals surface area contributed by atoms with E-state index in [1.54, 1.807) is 0 Å². The van der Waals surface area contributed by atoms with E-state index in [1.807, 2.05) is 11.8 Å². The Labute approximate surface area is 123 Å². The number of benzene rings is 1. The highest BCUT2D eigenvalue weighted by Gasteiger charge is 2.29. The molecular weight excluding hydrogens is 272 g/mol. The highest BCUT2D eigenvalue weighted by molar-refractivity contribution is 7.99. The molecule has 1 aromatic rings. The Balaban J connectivity index is 1.54. The molecule has 2 aliphatic rings. The van der Waals surface area contributed by atoms with Crippen molar-refractivity contribution in [1.29, 1.82) is 0 Å². The second-order valence-corrected chi connectivity index (χ2v) is 6.49. The molecule has 2 unspecified atom stereocenters. The lowest BCUT2D eigenvalue weighted by Gasteiger charge is -2.20. The van der Waals surface area contributed by atoms with Crippen molar-refractivity contribution in [3.63, 3.8) is 0 Å². The Bertz CT molecular complexity index is 495. The maximum Gasteiger partial charge on any atom is 0.407 e. The van der Waals surface area contributed by atoms with Crippen molar-refractivity contribution in [1.82, 2.24) is 10.2 Å². The van der Waals surface area contributed by atoms with Gasteiger partial charge < -0.3 is 15.0 Å². The van der Waals surface area contributed by atoms with E-state index in [0.717, 1.165) is 26.1 Å². The van der Waals surface area contributed by atoms with Crippen molar-refractivity contribution in [2.24, 2.45) is 0 Å². The first-order chi connectivity index (χ1) is 9.76. The smallest absolute Gasteiger partial charge is 0.407 e. The number of nitrogens with one attached hydrogen (secondary N) is 1. The summed E-state index contributed by atoms with van der Waals surface area (Å²) >= 11 is 1.96. The first-order valence-corrected chi connectivity index (χ1v) is 8.03. The van der Waals surface area contributed by atoms with Crippen molar-refractivity contribution < 1.29 is 9.53 Å². The molecule has 1 fully saturated rings. The van der Waals surface area contributed by atoms with Crippen LogP contribution >= 0.6 is 11.8 Å². The highest BCUT2D eigenvalue weighted by Crippen LogP contribution is 2.39. The molecule has 0 saturated carbocycles. The minimum absolute atomic E-state index is 0.228. The lowest BCUT2D eigenvalue weighted by molar-refractivity contribution is 0.166. The minimum Gasteiger partial charge on any atom is -0.453 e. The van der Waals surface area contributed by atoms with E-state index >= 15 is 0 Å². The Kier molecular flexibility index (Phi) is 4.17. The molecular formula is C15H20N2O2S. The van der Waals surface area contributed by atoms with Crippen LogP contribution in [0.3, 0.4) is 0 Å². The number of hydrogen-bond donors (Lipinski definition) is 1. The Morgan fingerprint density at radius 1 is 1.50 bits per heavy atom. The lowest BCUT2D eigenvalue weighted by atomic mass is 10.0. The van der Waals surface area contributed by atoms with Crippen LogP contribution in [-0.2, 0) is 4.74 Å². The largest absolute Gasteiger partial charge is 0.453 e. The summed E-state index contributed by atoms with van der Waals surface area (Å²) in [4.78, 5) is 15.1. The van der Waals surface area contributed by atoms with Gasteiger partial charge in [-0.3, -0.25) is 0 Å². The molecule has 20 heavy (non-hydrogen) atoms. The van der Waals surface area contributed by atoms with Crippen LogP contribution in [0.2, 0.25) is 0 Å². The average Bonchev–Trinajstić information content (AvgIpc) is 3.07. The number of alkyl carbamates (subject to hydrolysis) is 1. The number of fused-ring (bicyclic) bond motifs is 1. The van der Waals surface area contributed by atoms with E-state index in [9.17, 15) is 4.79 Å². The van der Waals surface area contributed by atoms with Crippen molar-refractivity contribution >= 4 is 17.9 Å². The van der Waals surface area contributed by atoms with Crippen molar-refractivity contribution in [3.8, 4) is 0 Å². The van der Waals surface area contributed by atoms with Crippen LogP contribution in [0.5, 0.6) is 0 Å². The molecule has 0 aliphatic carbocycles. The number of nitrogens with zero attached hydrogens (tertiary/aromatic N) is 1. The van der Waals surface area contributed by atoms with E-state index < -0.39 is 0 Å². The Morgan fingerprint density at radius 3 is 3.20 bits per heavy atom. The van der Waals surface area contributed by atoms with Gasteiger partial charge in [-0.25, -0.2) is 4.79 Å². The maximum absolute atomic E-state index is 11.2. The third-order valence-electron chi connectivity index (χ3n) is 4.06. The average molecular weight is 292 g/mol. The van der Waals surface area contributed by atoms with Crippen LogP contribution in [0.15, 0.2) is 29.2 Å². The summed E-state index contributed by atoms with van der Waals surface area (Å²) in [5.74, 6) is 1.79. The van der Waals surface area contributed by atoms with Gasteiger partial charge in [0.2, 0.25) is 0 Å². The number of rotatable bonds is 3. The number of carbonyl (C=O) groups is 1. The van der Waals surface area contributed by atoms with Crippen LogP contribution in [0.25, 0.3) is 0 Å². The zero-order valence-electron chi connectivity index (χ0n) is 11.7. The fourth-order valence-corrected chi connectivity index (χ4v) is 4.28. The normalized spacial score (nSPS) is 25.4. The van der Waals surface area contributed by atoms with Gasteiger partial charge in [0.15, 0.2) is 0 Å². The molecule has 1 N–H and O–H groups in total. The highest BCUT2D eigenvalue weighted by atomic mass is 32.2. The number of amides is 1. The van der Waals surface area contributed by atoms with E-state index in [0.29, 0.717) is 5.92 Å². The van der Waals surface area contributed by atoms with Gasteiger partial charge in [0.1, 0.15) is 0 Å². The third-order valence-corrected chi connectivity index (χ3v) is 5.31. The van der Waals surface area contributed by atoms with E-state index in [1.165, 1.54) is 23.3 Å². The maximum atomic E-state index is 11.2. The molecule has 0 radical (unpaired) electrons. The van der Waals surface area contributed by atoms with Crippen LogP contribution in [-0.4, -0.2) is 49.5 Å². The number of ether oxygens (including phenoxy) is 1. The molecule has 4 nitrogen and oxygen atoms in total. The van der Waals surface area contributed by atoms with Gasteiger partial charge >= 0.3 is 6.09 Å². The Hall–Kier alpha value is -1.20. The standard InChI is InChI=1S/C15H20N2O2S/c1-19-15(18)16-12-6-7-17(9-12)8-11-10-20-14-5-3-2-4-13(11)14/h2-5,11-12H,6-10H2,1H3,(H,16,18). The molecule has 0 bridgehead atoms. The van der Waals surface area contributed by atoms with Crippen LogP contribution in [0.1, 0.15) is 17.9 Å². The number of carbonyl (C=O) groups excluding carboxylic acids is 1. The molecule has 0 spiro atoms. The summed E-state index contributed by atoms with van der Waals surface area (Å²) in [6.07, 6.45) is 0.690. The van der Waals surface area contributed by atoms with Gasteiger partial charge in [-0.05, 0) is 18.1 Å². The summed E-state index contributed by atoms with van der Waals surface area (Å²) in [6.45, 7) is 3.07. The van der Waals surface area contributed by atoms with Gasteiger partial charge in [0.05, 0.1) is 7.11 Å². The molecule has 3 rings (SSSR count). The zero-order chi connectivity index (χ0) is 13.9. The predicted octanol–water partition coefficient (Wildman–Crippen LogP) is 2.31. The number of likely N-dealkylation sites (tertiary alicyclic amines) is 1.